The van der Waals surface area contributed by atoms with Crippen LogP contribution in [-0.4, -0.2) is 5.11 Å². The third-order valence-corrected chi connectivity index (χ3v) is 5.73. The Hall–Kier alpha value is -1.32. The maximum Gasteiger partial charge on any atom is 0.115 e. The van der Waals surface area contributed by atoms with E-state index in [1.807, 2.05) is 23.5 Å². The molecule has 0 aliphatic heterocycles. The van der Waals surface area contributed by atoms with E-state index in [0.29, 0.717) is 11.8 Å². The van der Waals surface area contributed by atoms with Gasteiger partial charge in [-0.2, -0.15) is 0 Å². The van der Waals surface area contributed by atoms with Gasteiger partial charge in [0, 0.05) is 21.8 Å². The average Bonchev–Trinajstić information content (AvgIpc) is 2.91. The highest BCUT2D eigenvalue weighted by Gasteiger charge is 2.18. The number of phenols is 1. The van der Waals surface area contributed by atoms with E-state index in [2.05, 4.69) is 31.3 Å². The topological polar surface area (TPSA) is 32.3 Å². The van der Waals surface area contributed by atoms with Crippen molar-refractivity contribution in [3.8, 4) is 5.75 Å². The molecule has 3 rings (SSSR count). The van der Waals surface area contributed by atoms with Crippen molar-refractivity contribution >= 4 is 11.3 Å². The molecule has 1 aliphatic rings. The fourth-order valence-corrected chi connectivity index (χ4v) is 4.34. The minimum absolute atomic E-state index is 0.228. The molecule has 1 aliphatic carbocycles. The standard InChI is InChI=1S/C18H23NOS/c1-12(14-7-5-8-16(20)10-14)19-13(2)18-11-15-6-3-4-9-17(15)21-18/h5,7-8,10-13,19-20H,3-4,6,9H2,1-2H3. The number of rotatable bonds is 4. The molecule has 0 saturated carbocycles. The first kappa shape index (κ1) is 14.6. The first-order chi connectivity index (χ1) is 10.1. The SMILES string of the molecule is CC(NC(C)c1cc2c(s1)CCCC2)c1cccc(O)c1. The van der Waals surface area contributed by atoms with Gasteiger partial charge in [0.25, 0.3) is 0 Å². The van der Waals surface area contributed by atoms with E-state index in [4.69, 9.17) is 0 Å². The lowest BCUT2D eigenvalue weighted by Crippen LogP contribution is -2.21. The Morgan fingerprint density at radius 2 is 1.90 bits per heavy atom. The fraction of sp³-hybridized carbons (Fsp3) is 0.444. The van der Waals surface area contributed by atoms with Crippen molar-refractivity contribution in [2.75, 3.05) is 0 Å². The first-order valence-corrected chi connectivity index (χ1v) is 8.61. The molecule has 2 unspecified atom stereocenters. The summed E-state index contributed by atoms with van der Waals surface area (Å²) in [5.41, 5.74) is 2.70. The van der Waals surface area contributed by atoms with Crippen molar-refractivity contribution in [3.05, 3.63) is 51.2 Å². The Labute approximate surface area is 130 Å². The molecule has 1 aromatic heterocycles. The van der Waals surface area contributed by atoms with Crippen molar-refractivity contribution in [2.24, 2.45) is 0 Å². The van der Waals surface area contributed by atoms with Crippen LogP contribution in [0.2, 0.25) is 0 Å². The highest BCUT2D eigenvalue weighted by Crippen LogP contribution is 2.33. The van der Waals surface area contributed by atoms with Crippen LogP contribution in [0.25, 0.3) is 0 Å². The number of hydrogen-bond donors (Lipinski definition) is 2. The van der Waals surface area contributed by atoms with Gasteiger partial charge in [0.1, 0.15) is 5.75 Å². The number of hydrogen-bond acceptors (Lipinski definition) is 3. The van der Waals surface area contributed by atoms with Crippen LogP contribution in [-0.2, 0) is 12.8 Å². The second kappa shape index (κ2) is 6.20. The molecule has 1 aromatic carbocycles. The summed E-state index contributed by atoms with van der Waals surface area (Å²) < 4.78 is 0. The molecule has 0 radical (unpaired) electrons. The van der Waals surface area contributed by atoms with Gasteiger partial charge in [0.2, 0.25) is 0 Å². The number of nitrogens with one attached hydrogen (secondary N) is 1. The second-order valence-electron chi connectivity index (χ2n) is 6.01. The van der Waals surface area contributed by atoms with E-state index in [9.17, 15) is 5.11 Å². The molecule has 0 saturated heterocycles. The number of thiophene rings is 1. The maximum absolute atomic E-state index is 9.60. The Morgan fingerprint density at radius 1 is 1.10 bits per heavy atom. The number of phenolic OH excluding ortho intramolecular Hbond substituents is 1. The first-order valence-electron chi connectivity index (χ1n) is 7.80. The van der Waals surface area contributed by atoms with Gasteiger partial charge in [-0.15, -0.1) is 11.3 Å². The van der Waals surface area contributed by atoms with Gasteiger partial charge in [-0.3, -0.25) is 0 Å². The summed E-state index contributed by atoms with van der Waals surface area (Å²) in [5.74, 6) is 0.334. The molecule has 1 heterocycles. The minimum Gasteiger partial charge on any atom is -0.508 e. The van der Waals surface area contributed by atoms with Crippen LogP contribution in [0, 0.1) is 0 Å². The summed E-state index contributed by atoms with van der Waals surface area (Å²) in [7, 11) is 0. The van der Waals surface area contributed by atoms with Crippen molar-refractivity contribution in [1.82, 2.24) is 5.32 Å². The minimum atomic E-state index is 0.228. The van der Waals surface area contributed by atoms with Gasteiger partial charge >= 0.3 is 0 Å². The van der Waals surface area contributed by atoms with Gasteiger partial charge in [0.05, 0.1) is 0 Å². The lowest BCUT2D eigenvalue weighted by Gasteiger charge is -2.19. The molecular weight excluding hydrogens is 278 g/mol. The Balaban J connectivity index is 1.70. The van der Waals surface area contributed by atoms with Crippen molar-refractivity contribution in [1.29, 1.82) is 0 Å². The zero-order valence-corrected chi connectivity index (χ0v) is 13.5. The highest BCUT2D eigenvalue weighted by atomic mass is 32.1. The van der Waals surface area contributed by atoms with Gasteiger partial charge in [0.15, 0.2) is 0 Å². The van der Waals surface area contributed by atoms with Gasteiger partial charge in [-0.05, 0) is 68.9 Å². The molecule has 0 bridgehead atoms. The normalized spacial score (nSPS) is 17.2. The summed E-state index contributed by atoms with van der Waals surface area (Å²) in [6.07, 6.45) is 5.19. The molecule has 0 fully saturated rings. The monoisotopic (exact) mass is 301 g/mol. The molecule has 0 spiro atoms. The molecule has 2 nitrogen and oxygen atoms in total. The maximum atomic E-state index is 9.60. The van der Waals surface area contributed by atoms with Crippen LogP contribution in [0.5, 0.6) is 5.75 Å². The van der Waals surface area contributed by atoms with E-state index in [-0.39, 0.29) is 6.04 Å². The molecule has 112 valence electrons. The van der Waals surface area contributed by atoms with Crippen molar-refractivity contribution in [3.63, 3.8) is 0 Å². The number of aryl methyl sites for hydroxylation is 2. The quantitative estimate of drug-likeness (QED) is 0.854. The number of aromatic hydroxyl groups is 1. The van der Waals surface area contributed by atoms with E-state index >= 15 is 0 Å². The summed E-state index contributed by atoms with van der Waals surface area (Å²) in [6, 6.07) is 10.5. The second-order valence-corrected chi connectivity index (χ2v) is 7.18. The van der Waals surface area contributed by atoms with Gasteiger partial charge in [-0.1, -0.05) is 12.1 Å². The summed E-state index contributed by atoms with van der Waals surface area (Å²) in [6.45, 7) is 4.38. The van der Waals surface area contributed by atoms with Crippen molar-refractivity contribution < 1.29 is 5.11 Å². The zero-order valence-electron chi connectivity index (χ0n) is 12.7. The third-order valence-electron chi connectivity index (χ3n) is 4.31. The van der Waals surface area contributed by atoms with E-state index in [1.54, 1.807) is 16.5 Å². The van der Waals surface area contributed by atoms with E-state index in [0.717, 1.165) is 5.56 Å². The van der Waals surface area contributed by atoms with Crippen LogP contribution in [0.1, 0.15) is 59.7 Å². The fourth-order valence-electron chi connectivity index (χ4n) is 3.07. The van der Waals surface area contributed by atoms with Gasteiger partial charge < -0.3 is 10.4 Å². The molecular formula is C18H23NOS. The smallest absolute Gasteiger partial charge is 0.115 e. The Bertz CT molecular complexity index is 596. The summed E-state index contributed by atoms with van der Waals surface area (Å²) in [5, 5.41) is 13.2. The summed E-state index contributed by atoms with van der Waals surface area (Å²) >= 11 is 1.97. The van der Waals surface area contributed by atoms with Crippen LogP contribution in [0.4, 0.5) is 0 Å². The number of fused-ring (bicyclic) bond motifs is 1. The lowest BCUT2D eigenvalue weighted by molar-refractivity contribution is 0.467. The predicted octanol–water partition coefficient (Wildman–Crippen LogP) is 4.74. The molecule has 21 heavy (non-hydrogen) atoms. The molecule has 3 heteroatoms. The molecule has 2 aromatic rings. The van der Waals surface area contributed by atoms with E-state index in [1.165, 1.54) is 30.6 Å². The third kappa shape index (κ3) is 3.30. The van der Waals surface area contributed by atoms with Crippen LogP contribution < -0.4 is 5.32 Å². The Morgan fingerprint density at radius 3 is 2.67 bits per heavy atom. The van der Waals surface area contributed by atoms with Gasteiger partial charge in [-0.25, -0.2) is 0 Å². The van der Waals surface area contributed by atoms with E-state index < -0.39 is 0 Å². The highest BCUT2D eigenvalue weighted by molar-refractivity contribution is 7.12. The lowest BCUT2D eigenvalue weighted by atomic mass is 9.99. The zero-order chi connectivity index (χ0) is 14.8. The predicted molar refractivity (Wildman–Crippen MR) is 89.0 cm³/mol. The average molecular weight is 301 g/mol. The summed E-state index contributed by atoms with van der Waals surface area (Å²) in [4.78, 5) is 3.03. The van der Waals surface area contributed by atoms with Crippen molar-refractivity contribution in [2.45, 2.75) is 51.6 Å². The van der Waals surface area contributed by atoms with Crippen LogP contribution >= 0.6 is 11.3 Å². The largest absolute Gasteiger partial charge is 0.508 e. The molecule has 2 atom stereocenters. The molecule has 2 N–H and O–H groups in total. The van der Waals surface area contributed by atoms with Crippen LogP contribution in [0.15, 0.2) is 30.3 Å². The molecule has 0 amide bonds. The number of benzene rings is 1. The Kier molecular flexibility index (Phi) is 4.32. The van der Waals surface area contributed by atoms with Crippen LogP contribution in [0.3, 0.4) is 0 Å².